The molecule has 1 N–H and O–H groups in total. The maximum Gasteiger partial charge on any atom is 0.436 e. The van der Waals surface area contributed by atoms with Crippen LogP contribution in [0.4, 0.5) is 35.1 Å². The van der Waals surface area contributed by atoms with Crippen LogP contribution in [0.15, 0.2) is 44.2 Å². The molecule has 1 saturated heterocycles. The predicted molar refractivity (Wildman–Crippen MR) is 158 cm³/mol. The Bertz CT molecular complexity index is 1680. The van der Waals surface area contributed by atoms with Crippen molar-refractivity contribution in [2.24, 2.45) is 11.8 Å². The SMILES string of the molecule is O=C(O)C1CCC(C(=O)N2CC[C@@]3(S(=O)(=O)c4ccc(F)cc4)c4cc(Br)c(C(F)(C(F)(F)F)C(F)(F)F)c(Br)c4CCC[C@@H]23)CC1. The van der Waals surface area contributed by atoms with Crippen LogP contribution in [0.5, 0.6) is 0 Å². The van der Waals surface area contributed by atoms with Crippen LogP contribution in [-0.2, 0) is 36.3 Å². The molecule has 47 heavy (non-hydrogen) atoms. The number of carboxylic acid groups (broad SMARTS) is 1. The molecule has 2 fully saturated rings. The summed E-state index contributed by atoms with van der Waals surface area (Å²) in [6, 6.07) is 3.34. The number of benzene rings is 2. The number of carbonyl (C=O) groups excluding carboxylic acids is 1. The van der Waals surface area contributed by atoms with Crippen molar-refractivity contribution in [2.75, 3.05) is 6.54 Å². The summed E-state index contributed by atoms with van der Waals surface area (Å²) in [4.78, 5) is 26.4. The van der Waals surface area contributed by atoms with Crippen LogP contribution >= 0.6 is 31.9 Å². The second-order valence-electron chi connectivity index (χ2n) is 12.2. The van der Waals surface area contributed by atoms with E-state index in [0.29, 0.717) is 0 Å². The van der Waals surface area contributed by atoms with E-state index in [-0.39, 0.29) is 69.0 Å². The number of rotatable bonds is 5. The molecule has 0 aromatic heterocycles. The monoisotopic (exact) mass is 823 g/mol. The molecule has 1 amide bonds. The van der Waals surface area contributed by atoms with Gasteiger partial charge in [0.25, 0.3) is 0 Å². The van der Waals surface area contributed by atoms with Crippen LogP contribution in [0, 0.1) is 17.7 Å². The van der Waals surface area contributed by atoms with E-state index in [1.165, 1.54) is 4.90 Å². The van der Waals surface area contributed by atoms with Gasteiger partial charge in [0, 0.05) is 27.0 Å². The van der Waals surface area contributed by atoms with Crippen molar-refractivity contribution < 1.29 is 58.2 Å². The second-order valence-corrected chi connectivity index (χ2v) is 16.0. The molecule has 0 bridgehead atoms. The van der Waals surface area contributed by atoms with Crippen LogP contribution in [-0.4, -0.2) is 55.2 Å². The van der Waals surface area contributed by atoms with Crippen molar-refractivity contribution in [3.05, 3.63) is 61.8 Å². The minimum atomic E-state index is -6.45. The third-order valence-corrected chi connectivity index (χ3v) is 13.8. The third kappa shape index (κ3) is 5.59. The number of hydrogen-bond donors (Lipinski definition) is 1. The van der Waals surface area contributed by atoms with Gasteiger partial charge in [-0.15, -0.1) is 0 Å². The maximum atomic E-state index is 15.5. The molecule has 0 spiro atoms. The number of likely N-dealkylation sites (tertiary alicyclic amines) is 1. The van der Waals surface area contributed by atoms with E-state index >= 15 is 4.39 Å². The number of carboxylic acids is 1. The van der Waals surface area contributed by atoms with Gasteiger partial charge in [-0.05, 0) is 92.8 Å². The van der Waals surface area contributed by atoms with E-state index in [4.69, 9.17) is 0 Å². The summed E-state index contributed by atoms with van der Waals surface area (Å²) in [6.45, 7) is -0.155. The molecule has 2 aromatic rings. The highest BCUT2D eigenvalue weighted by Crippen LogP contribution is 2.60. The highest BCUT2D eigenvalue weighted by Gasteiger charge is 2.75. The van der Waals surface area contributed by atoms with Gasteiger partial charge in [0.15, 0.2) is 9.84 Å². The van der Waals surface area contributed by atoms with E-state index in [1.807, 2.05) is 0 Å². The Kier molecular flexibility index (Phi) is 9.39. The number of carbonyl (C=O) groups is 2. The summed E-state index contributed by atoms with van der Waals surface area (Å²) in [5, 5.41) is 9.36. The number of nitrogens with zero attached hydrogens (tertiary/aromatic N) is 1. The van der Waals surface area contributed by atoms with E-state index in [9.17, 15) is 53.8 Å². The van der Waals surface area contributed by atoms with Gasteiger partial charge in [0.2, 0.25) is 5.91 Å². The number of fused-ring (bicyclic) bond motifs is 3. The van der Waals surface area contributed by atoms with Gasteiger partial charge in [-0.1, -0.05) is 31.9 Å². The number of sulfone groups is 1. The quantitative estimate of drug-likeness (QED) is 0.243. The molecule has 258 valence electrons. The standard InChI is InChI=1S/C30H27Br2F8NO5S/c31-21-14-20-19(24(32)23(21)28(34,29(35,36)37)30(38,39)40)2-1-3-22-27(20,47(45,46)18-10-8-17(33)9-11-18)12-13-41(22)25(42)15-4-6-16(7-5-15)26(43)44/h8-11,14-16,22H,1-7,12-13H2,(H,43,44)/t15?,16?,22-,27-/m1/s1. The van der Waals surface area contributed by atoms with Crippen molar-refractivity contribution in [3.8, 4) is 0 Å². The number of halogens is 10. The molecule has 0 unspecified atom stereocenters. The lowest BCUT2D eigenvalue weighted by molar-refractivity contribution is -0.349. The lowest BCUT2D eigenvalue weighted by Crippen LogP contribution is -2.52. The largest absolute Gasteiger partial charge is 0.481 e. The molecule has 1 aliphatic heterocycles. The Morgan fingerprint density at radius 3 is 1.98 bits per heavy atom. The van der Waals surface area contributed by atoms with Gasteiger partial charge in [0.1, 0.15) is 10.6 Å². The summed E-state index contributed by atoms with van der Waals surface area (Å²) in [7, 11) is -4.69. The Morgan fingerprint density at radius 1 is 0.894 bits per heavy atom. The first-order valence-electron chi connectivity index (χ1n) is 14.6. The van der Waals surface area contributed by atoms with Crippen molar-refractivity contribution >= 4 is 53.6 Å². The average molecular weight is 825 g/mol. The first-order valence-corrected chi connectivity index (χ1v) is 17.6. The molecule has 2 aromatic carbocycles. The van der Waals surface area contributed by atoms with Gasteiger partial charge in [0.05, 0.1) is 16.9 Å². The van der Waals surface area contributed by atoms with E-state index < -0.39 is 87.6 Å². The number of aliphatic carboxylic acids is 1. The van der Waals surface area contributed by atoms with Crippen LogP contribution < -0.4 is 0 Å². The molecule has 2 atom stereocenters. The highest BCUT2D eigenvalue weighted by molar-refractivity contribution is 9.11. The zero-order valence-corrected chi connectivity index (χ0v) is 28.2. The molecule has 3 aliphatic rings. The Balaban J connectivity index is 1.73. The zero-order chi connectivity index (χ0) is 34.9. The molecule has 1 heterocycles. The Morgan fingerprint density at radius 2 is 1.45 bits per heavy atom. The van der Waals surface area contributed by atoms with E-state index in [0.717, 1.165) is 30.3 Å². The lowest BCUT2D eigenvalue weighted by Gasteiger charge is -2.40. The summed E-state index contributed by atoms with van der Waals surface area (Å²) in [5.41, 5.74) is -8.15. The number of amides is 1. The molecular formula is C30H27Br2F8NO5S. The normalized spacial score (nSPS) is 25.6. The number of hydrogen-bond acceptors (Lipinski definition) is 4. The second kappa shape index (κ2) is 12.3. The van der Waals surface area contributed by atoms with Gasteiger partial charge >= 0.3 is 24.0 Å². The third-order valence-electron chi connectivity index (χ3n) is 9.76. The molecule has 6 nitrogen and oxygen atoms in total. The molecule has 1 saturated carbocycles. The van der Waals surface area contributed by atoms with Crippen molar-refractivity contribution in [1.29, 1.82) is 0 Å². The fraction of sp³-hybridized carbons (Fsp3) is 0.533. The fourth-order valence-electron chi connectivity index (χ4n) is 7.45. The first kappa shape index (κ1) is 36.0. The molecule has 5 rings (SSSR count). The van der Waals surface area contributed by atoms with Crippen molar-refractivity contribution in [1.82, 2.24) is 4.90 Å². The van der Waals surface area contributed by atoms with Crippen LogP contribution in [0.3, 0.4) is 0 Å². The first-order chi connectivity index (χ1) is 21.7. The minimum Gasteiger partial charge on any atom is -0.481 e. The Hall–Kier alpha value is -2.27. The van der Waals surface area contributed by atoms with Crippen LogP contribution in [0.25, 0.3) is 0 Å². The summed E-state index contributed by atoms with van der Waals surface area (Å²) < 4.78 is 138. The van der Waals surface area contributed by atoms with E-state index in [1.54, 1.807) is 0 Å². The van der Waals surface area contributed by atoms with Crippen LogP contribution in [0.2, 0.25) is 0 Å². The zero-order valence-electron chi connectivity index (χ0n) is 24.2. The van der Waals surface area contributed by atoms with Gasteiger partial charge in [-0.2, -0.15) is 26.3 Å². The van der Waals surface area contributed by atoms with Crippen molar-refractivity contribution in [3.63, 3.8) is 0 Å². The summed E-state index contributed by atoms with van der Waals surface area (Å²) in [6.07, 6.45) is -12.6. The maximum absolute atomic E-state index is 15.5. The number of alkyl halides is 7. The smallest absolute Gasteiger partial charge is 0.436 e. The highest BCUT2D eigenvalue weighted by atomic mass is 79.9. The molecule has 0 radical (unpaired) electrons. The molecule has 17 heteroatoms. The molecular weight excluding hydrogens is 798 g/mol. The van der Waals surface area contributed by atoms with Gasteiger partial charge in [-0.3, -0.25) is 9.59 Å². The predicted octanol–water partition coefficient (Wildman–Crippen LogP) is 8.14. The summed E-state index contributed by atoms with van der Waals surface area (Å²) >= 11 is 5.52. The van der Waals surface area contributed by atoms with Gasteiger partial charge < -0.3 is 10.0 Å². The summed E-state index contributed by atoms with van der Waals surface area (Å²) in [5.74, 6) is -3.48. The topological polar surface area (TPSA) is 91.8 Å². The van der Waals surface area contributed by atoms with Gasteiger partial charge in [-0.25, -0.2) is 17.2 Å². The lowest BCUT2D eigenvalue weighted by atomic mass is 9.81. The van der Waals surface area contributed by atoms with Crippen molar-refractivity contribution in [2.45, 2.75) is 85.1 Å². The fourth-order valence-corrected chi connectivity index (χ4v) is 11.7. The molecule has 2 aliphatic carbocycles. The minimum absolute atomic E-state index is 0.00484. The Labute approximate surface area is 281 Å². The van der Waals surface area contributed by atoms with Crippen LogP contribution in [0.1, 0.15) is 61.6 Å². The average Bonchev–Trinajstić information content (AvgIpc) is 3.29. The van der Waals surface area contributed by atoms with E-state index in [2.05, 4.69) is 31.9 Å².